The molecular formula is C14H8ClF2NO2. The summed E-state index contributed by atoms with van der Waals surface area (Å²) in [4.78, 5) is 22.5. The third-order valence-electron chi connectivity index (χ3n) is 2.54. The summed E-state index contributed by atoms with van der Waals surface area (Å²) < 4.78 is 26.8. The lowest BCUT2D eigenvalue weighted by atomic mass is 10.1. The van der Waals surface area contributed by atoms with Gasteiger partial charge in [0.05, 0.1) is 10.6 Å². The minimum Gasteiger partial charge on any atom is -0.322 e. The van der Waals surface area contributed by atoms with Crippen LogP contribution in [0.25, 0.3) is 0 Å². The Bertz CT molecular complexity index is 689. The molecule has 0 aliphatic rings. The van der Waals surface area contributed by atoms with Crippen molar-refractivity contribution in [1.82, 2.24) is 0 Å². The van der Waals surface area contributed by atoms with Crippen molar-refractivity contribution in [2.24, 2.45) is 0 Å². The number of rotatable bonds is 3. The van der Waals surface area contributed by atoms with Crippen LogP contribution >= 0.6 is 11.6 Å². The van der Waals surface area contributed by atoms with Crippen molar-refractivity contribution in [3.8, 4) is 0 Å². The van der Waals surface area contributed by atoms with Crippen LogP contribution in [0.2, 0.25) is 5.02 Å². The molecule has 1 amide bonds. The molecule has 2 rings (SSSR count). The second-order valence-corrected chi connectivity index (χ2v) is 4.35. The van der Waals surface area contributed by atoms with Gasteiger partial charge in [-0.3, -0.25) is 9.59 Å². The summed E-state index contributed by atoms with van der Waals surface area (Å²) in [5.41, 5.74) is 0.184. The van der Waals surface area contributed by atoms with E-state index in [9.17, 15) is 18.4 Å². The van der Waals surface area contributed by atoms with Gasteiger partial charge in [-0.2, -0.15) is 0 Å². The monoisotopic (exact) mass is 295 g/mol. The molecule has 0 spiro atoms. The normalized spacial score (nSPS) is 10.2. The molecule has 3 nitrogen and oxygen atoms in total. The number of carbonyl (C=O) groups excluding carboxylic acids is 2. The highest BCUT2D eigenvalue weighted by Crippen LogP contribution is 2.20. The number of aldehydes is 1. The third-order valence-corrected chi connectivity index (χ3v) is 2.82. The van der Waals surface area contributed by atoms with E-state index in [2.05, 4.69) is 5.32 Å². The summed E-state index contributed by atoms with van der Waals surface area (Å²) in [7, 11) is 0. The van der Waals surface area contributed by atoms with Crippen molar-refractivity contribution < 1.29 is 18.4 Å². The zero-order valence-corrected chi connectivity index (χ0v) is 10.7. The van der Waals surface area contributed by atoms with Crippen LogP contribution in [0.15, 0.2) is 36.4 Å². The standard InChI is InChI=1S/C14H8ClF2NO2/c15-11-6-12(16)10(5-13(11)17)14(20)18-9-3-1-2-8(4-9)7-19/h1-7H,(H,18,20). The summed E-state index contributed by atoms with van der Waals surface area (Å²) in [5, 5.41) is 1.97. The molecule has 0 aliphatic carbocycles. The molecule has 102 valence electrons. The fourth-order valence-corrected chi connectivity index (χ4v) is 1.74. The number of halogens is 3. The Balaban J connectivity index is 2.28. The Hall–Kier alpha value is -2.27. The molecule has 1 N–H and O–H groups in total. The number of hydrogen-bond acceptors (Lipinski definition) is 2. The van der Waals surface area contributed by atoms with Gasteiger partial charge in [0.1, 0.15) is 17.9 Å². The van der Waals surface area contributed by atoms with Gasteiger partial charge in [0.25, 0.3) is 5.91 Å². The SMILES string of the molecule is O=Cc1cccc(NC(=O)c2cc(F)c(Cl)cc2F)c1. The largest absolute Gasteiger partial charge is 0.322 e. The second-order valence-electron chi connectivity index (χ2n) is 3.94. The van der Waals surface area contributed by atoms with Gasteiger partial charge >= 0.3 is 0 Å². The van der Waals surface area contributed by atoms with Crippen LogP contribution < -0.4 is 5.32 Å². The molecule has 0 saturated carbocycles. The van der Waals surface area contributed by atoms with Gasteiger partial charge in [0.15, 0.2) is 0 Å². The Labute approximate surface area is 118 Å². The fraction of sp³-hybridized carbons (Fsp3) is 0. The van der Waals surface area contributed by atoms with Crippen molar-refractivity contribution in [3.05, 3.63) is 64.2 Å². The van der Waals surface area contributed by atoms with Gasteiger partial charge in [0, 0.05) is 11.3 Å². The molecule has 0 aliphatic heterocycles. The molecule has 0 bridgehead atoms. The van der Waals surface area contributed by atoms with Crippen LogP contribution in [0.1, 0.15) is 20.7 Å². The quantitative estimate of drug-likeness (QED) is 0.693. The first-order valence-corrected chi connectivity index (χ1v) is 5.90. The number of hydrogen-bond donors (Lipinski definition) is 1. The first kappa shape index (κ1) is 14.1. The van der Waals surface area contributed by atoms with Crippen LogP contribution in [-0.2, 0) is 0 Å². The molecule has 0 aromatic heterocycles. The zero-order valence-electron chi connectivity index (χ0n) is 9.99. The topological polar surface area (TPSA) is 46.2 Å². The van der Waals surface area contributed by atoms with Crippen LogP contribution in [0, 0.1) is 11.6 Å². The van der Waals surface area contributed by atoms with Crippen molar-refractivity contribution in [1.29, 1.82) is 0 Å². The van der Waals surface area contributed by atoms with Crippen LogP contribution in [0.3, 0.4) is 0 Å². The van der Waals surface area contributed by atoms with Gasteiger partial charge in [-0.25, -0.2) is 8.78 Å². The number of nitrogens with one attached hydrogen (secondary N) is 1. The molecule has 0 unspecified atom stereocenters. The van der Waals surface area contributed by atoms with Crippen molar-refractivity contribution in [3.63, 3.8) is 0 Å². The highest BCUT2D eigenvalue weighted by molar-refractivity contribution is 6.30. The molecule has 0 radical (unpaired) electrons. The number of amides is 1. The highest BCUT2D eigenvalue weighted by Gasteiger charge is 2.15. The fourth-order valence-electron chi connectivity index (χ4n) is 1.58. The van der Waals surface area contributed by atoms with Gasteiger partial charge in [-0.1, -0.05) is 23.7 Å². The molecule has 0 fully saturated rings. The first-order chi connectivity index (χ1) is 9.51. The molecule has 2 aromatic rings. The van der Waals surface area contributed by atoms with Gasteiger partial charge in [0.2, 0.25) is 0 Å². The summed E-state index contributed by atoms with van der Waals surface area (Å²) in [5.74, 6) is -2.65. The van der Waals surface area contributed by atoms with Crippen molar-refractivity contribution in [2.75, 3.05) is 5.32 Å². The molecular weight excluding hydrogens is 288 g/mol. The third kappa shape index (κ3) is 3.00. The lowest BCUT2D eigenvalue weighted by molar-refractivity contribution is 0.102. The Morgan fingerprint density at radius 3 is 2.60 bits per heavy atom. The van der Waals surface area contributed by atoms with Gasteiger partial charge < -0.3 is 5.32 Å². The smallest absolute Gasteiger partial charge is 0.258 e. The summed E-state index contributed by atoms with van der Waals surface area (Å²) in [6.07, 6.45) is 0.609. The molecule has 20 heavy (non-hydrogen) atoms. The van der Waals surface area contributed by atoms with E-state index in [0.29, 0.717) is 17.5 Å². The van der Waals surface area contributed by atoms with Crippen LogP contribution in [-0.4, -0.2) is 12.2 Å². The lowest BCUT2D eigenvalue weighted by Gasteiger charge is -2.07. The molecule has 2 aromatic carbocycles. The minimum atomic E-state index is -0.930. The lowest BCUT2D eigenvalue weighted by Crippen LogP contribution is -2.14. The van der Waals surface area contributed by atoms with Crippen LogP contribution in [0.5, 0.6) is 0 Å². The highest BCUT2D eigenvalue weighted by atomic mass is 35.5. The maximum atomic E-state index is 13.6. The van der Waals surface area contributed by atoms with Gasteiger partial charge in [-0.05, 0) is 24.3 Å². The van der Waals surface area contributed by atoms with E-state index in [1.807, 2.05) is 0 Å². The van der Waals surface area contributed by atoms with Crippen molar-refractivity contribution in [2.45, 2.75) is 0 Å². The molecule has 0 saturated heterocycles. The maximum Gasteiger partial charge on any atom is 0.258 e. The van der Waals surface area contributed by atoms with E-state index in [1.54, 1.807) is 12.1 Å². The maximum absolute atomic E-state index is 13.6. The van der Waals surface area contributed by atoms with E-state index < -0.39 is 28.1 Å². The zero-order chi connectivity index (χ0) is 14.7. The predicted molar refractivity (Wildman–Crippen MR) is 71.2 cm³/mol. The molecule has 0 atom stereocenters. The number of carbonyl (C=O) groups is 2. The summed E-state index contributed by atoms with van der Waals surface area (Å²) in [6, 6.07) is 7.48. The Morgan fingerprint density at radius 1 is 1.15 bits per heavy atom. The second kappa shape index (κ2) is 5.79. The van der Waals surface area contributed by atoms with E-state index >= 15 is 0 Å². The average Bonchev–Trinajstić information content (AvgIpc) is 2.43. The van der Waals surface area contributed by atoms with Crippen LogP contribution in [0.4, 0.5) is 14.5 Å². The van der Waals surface area contributed by atoms with E-state index in [0.717, 1.165) is 12.1 Å². The first-order valence-electron chi connectivity index (χ1n) is 5.52. The summed E-state index contributed by atoms with van der Waals surface area (Å²) >= 11 is 5.40. The number of benzene rings is 2. The Morgan fingerprint density at radius 2 is 1.90 bits per heavy atom. The van der Waals surface area contributed by atoms with Crippen molar-refractivity contribution >= 4 is 29.5 Å². The average molecular weight is 296 g/mol. The van der Waals surface area contributed by atoms with Gasteiger partial charge in [-0.15, -0.1) is 0 Å². The summed E-state index contributed by atoms with van der Waals surface area (Å²) in [6.45, 7) is 0. The molecule has 0 heterocycles. The van der Waals surface area contributed by atoms with E-state index in [4.69, 9.17) is 11.6 Å². The predicted octanol–water partition coefficient (Wildman–Crippen LogP) is 3.68. The number of anilines is 1. The van der Waals surface area contributed by atoms with E-state index in [1.165, 1.54) is 12.1 Å². The minimum absolute atomic E-state index is 0.300. The van der Waals surface area contributed by atoms with E-state index in [-0.39, 0.29) is 0 Å². The Kier molecular flexibility index (Phi) is 4.10. The molecule has 6 heteroatoms.